The Morgan fingerprint density at radius 3 is 1.91 bits per heavy atom. The molecule has 0 bridgehead atoms. The lowest BCUT2D eigenvalue weighted by Crippen LogP contribution is -2.18. The van der Waals surface area contributed by atoms with Gasteiger partial charge in [-0.05, 0) is 39.8 Å². The maximum absolute atomic E-state index is 12.5. The first kappa shape index (κ1) is 15.9. The summed E-state index contributed by atoms with van der Waals surface area (Å²) in [6.45, 7) is 7.71. The number of benzene rings is 1. The third-order valence-corrected chi connectivity index (χ3v) is 3.38. The van der Waals surface area contributed by atoms with Crippen molar-refractivity contribution >= 4 is 17.5 Å². The van der Waals surface area contributed by atoms with Crippen LogP contribution in [0.4, 0.5) is 11.6 Å². The Hall–Kier alpha value is -2.43. The minimum atomic E-state index is -0.140. The average Bonchev–Trinajstić information content (AvgIpc) is 2.41. The number of nitrogens with zero attached hydrogens (tertiary/aromatic N) is 3. The molecule has 0 aliphatic heterocycles. The number of hydrogen-bond acceptors (Lipinski definition) is 4. The van der Waals surface area contributed by atoms with Crippen molar-refractivity contribution in [3.05, 3.63) is 46.3 Å². The van der Waals surface area contributed by atoms with Gasteiger partial charge in [0, 0.05) is 19.7 Å². The molecule has 0 atom stereocenters. The number of carbonyl (C=O) groups excluding carboxylic acids is 1. The average molecular weight is 298 g/mol. The lowest BCUT2D eigenvalue weighted by atomic mass is 10.1. The molecule has 0 saturated carbocycles. The number of rotatable bonds is 3. The third-order valence-electron chi connectivity index (χ3n) is 3.38. The highest BCUT2D eigenvalue weighted by Gasteiger charge is 2.14. The topological polar surface area (TPSA) is 58.1 Å². The molecule has 2 aromatic rings. The molecular formula is C17H22N4O. The normalized spacial score (nSPS) is 10.5. The molecule has 1 aromatic carbocycles. The van der Waals surface area contributed by atoms with Gasteiger partial charge in [-0.15, -0.1) is 0 Å². The van der Waals surface area contributed by atoms with E-state index in [-0.39, 0.29) is 5.91 Å². The summed E-state index contributed by atoms with van der Waals surface area (Å²) < 4.78 is 0. The van der Waals surface area contributed by atoms with Crippen molar-refractivity contribution < 1.29 is 4.79 Å². The second-order valence-corrected chi connectivity index (χ2v) is 5.79. The van der Waals surface area contributed by atoms with Gasteiger partial charge in [0.15, 0.2) is 0 Å². The van der Waals surface area contributed by atoms with Gasteiger partial charge in [-0.2, -0.15) is 0 Å². The Morgan fingerprint density at radius 2 is 1.45 bits per heavy atom. The number of carbonyl (C=O) groups is 1. The van der Waals surface area contributed by atoms with Crippen molar-refractivity contribution in [1.29, 1.82) is 0 Å². The summed E-state index contributed by atoms with van der Waals surface area (Å²) in [4.78, 5) is 23.1. The SMILES string of the molecule is Cc1cc(C)cc(C(=O)Nc2c(C)nc(N(C)C)nc2C)c1. The quantitative estimate of drug-likeness (QED) is 0.946. The first-order chi connectivity index (χ1) is 10.3. The molecule has 0 radical (unpaired) electrons. The highest BCUT2D eigenvalue weighted by Crippen LogP contribution is 2.21. The van der Waals surface area contributed by atoms with Gasteiger partial charge >= 0.3 is 0 Å². The van der Waals surface area contributed by atoms with Gasteiger partial charge in [-0.25, -0.2) is 9.97 Å². The number of aryl methyl sites for hydroxylation is 4. The Morgan fingerprint density at radius 1 is 0.955 bits per heavy atom. The highest BCUT2D eigenvalue weighted by atomic mass is 16.1. The van der Waals surface area contributed by atoms with E-state index in [0.717, 1.165) is 22.5 Å². The zero-order chi connectivity index (χ0) is 16.4. The van der Waals surface area contributed by atoms with E-state index in [1.807, 2.05) is 64.9 Å². The first-order valence-corrected chi connectivity index (χ1v) is 7.20. The van der Waals surface area contributed by atoms with E-state index in [4.69, 9.17) is 0 Å². The van der Waals surface area contributed by atoms with E-state index in [2.05, 4.69) is 15.3 Å². The number of anilines is 2. The van der Waals surface area contributed by atoms with Gasteiger partial charge in [0.1, 0.15) is 0 Å². The fraction of sp³-hybridized carbons (Fsp3) is 0.353. The molecule has 22 heavy (non-hydrogen) atoms. The van der Waals surface area contributed by atoms with Gasteiger partial charge in [0.2, 0.25) is 5.95 Å². The second kappa shape index (κ2) is 6.13. The van der Waals surface area contributed by atoms with Gasteiger partial charge in [-0.1, -0.05) is 17.2 Å². The minimum absolute atomic E-state index is 0.140. The molecule has 0 spiro atoms. The fourth-order valence-corrected chi connectivity index (χ4v) is 2.37. The number of amides is 1. The van der Waals surface area contributed by atoms with Crippen molar-refractivity contribution in [2.24, 2.45) is 0 Å². The Balaban J connectivity index is 2.32. The molecule has 0 fully saturated rings. The van der Waals surface area contributed by atoms with Crippen LogP contribution in [0.15, 0.2) is 18.2 Å². The number of aromatic nitrogens is 2. The van der Waals surface area contributed by atoms with Crippen LogP contribution < -0.4 is 10.2 Å². The molecule has 0 unspecified atom stereocenters. The predicted octanol–water partition coefficient (Wildman–Crippen LogP) is 3.03. The molecule has 0 aliphatic rings. The van der Waals surface area contributed by atoms with E-state index in [1.54, 1.807) is 0 Å². The summed E-state index contributed by atoms with van der Waals surface area (Å²) in [6.07, 6.45) is 0. The molecule has 1 aromatic heterocycles. The van der Waals surface area contributed by atoms with Crippen molar-refractivity contribution in [2.75, 3.05) is 24.3 Å². The molecule has 1 N–H and O–H groups in total. The zero-order valence-corrected chi connectivity index (χ0v) is 14.0. The lowest BCUT2D eigenvalue weighted by Gasteiger charge is -2.16. The Labute approximate surface area is 131 Å². The maximum Gasteiger partial charge on any atom is 0.255 e. The molecule has 1 heterocycles. The molecule has 5 heteroatoms. The van der Waals surface area contributed by atoms with Crippen molar-refractivity contribution in [3.8, 4) is 0 Å². The Bertz CT molecular complexity index is 679. The molecule has 1 amide bonds. The van der Waals surface area contributed by atoms with E-state index < -0.39 is 0 Å². The van der Waals surface area contributed by atoms with E-state index in [1.165, 1.54) is 0 Å². The van der Waals surface area contributed by atoms with Crippen LogP contribution in [-0.4, -0.2) is 30.0 Å². The van der Waals surface area contributed by atoms with Crippen LogP contribution in [0.5, 0.6) is 0 Å². The standard InChI is InChI=1S/C17H22N4O/c1-10-7-11(2)9-14(8-10)16(22)20-15-12(3)18-17(21(5)6)19-13(15)4/h7-9H,1-6H3,(H,20,22). The van der Waals surface area contributed by atoms with Gasteiger partial charge < -0.3 is 10.2 Å². The van der Waals surface area contributed by atoms with Crippen LogP contribution >= 0.6 is 0 Å². The summed E-state index contributed by atoms with van der Waals surface area (Å²) in [5.74, 6) is 0.499. The van der Waals surface area contributed by atoms with E-state index in [9.17, 15) is 4.79 Å². The molecule has 2 rings (SSSR count). The van der Waals surface area contributed by atoms with Crippen molar-refractivity contribution in [3.63, 3.8) is 0 Å². The molecule has 0 aliphatic carbocycles. The van der Waals surface area contributed by atoms with Crippen LogP contribution in [0.1, 0.15) is 32.9 Å². The monoisotopic (exact) mass is 298 g/mol. The Kier molecular flexibility index (Phi) is 4.45. The fourth-order valence-electron chi connectivity index (χ4n) is 2.37. The smallest absolute Gasteiger partial charge is 0.255 e. The van der Waals surface area contributed by atoms with Crippen LogP contribution in [-0.2, 0) is 0 Å². The molecule has 116 valence electrons. The largest absolute Gasteiger partial charge is 0.347 e. The third kappa shape index (κ3) is 3.42. The van der Waals surface area contributed by atoms with Gasteiger partial charge in [-0.3, -0.25) is 4.79 Å². The second-order valence-electron chi connectivity index (χ2n) is 5.79. The highest BCUT2D eigenvalue weighted by molar-refractivity contribution is 6.05. The summed E-state index contributed by atoms with van der Waals surface area (Å²) in [5, 5.41) is 2.93. The minimum Gasteiger partial charge on any atom is -0.347 e. The molecule has 0 saturated heterocycles. The summed E-state index contributed by atoms with van der Waals surface area (Å²) in [6, 6.07) is 5.80. The maximum atomic E-state index is 12.5. The van der Waals surface area contributed by atoms with E-state index >= 15 is 0 Å². The van der Waals surface area contributed by atoms with Crippen LogP contribution in [0.2, 0.25) is 0 Å². The molecular weight excluding hydrogens is 276 g/mol. The van der Waals surface area contributed by atoms with Gasteiger partial charge in [0.25, 0.3) is 5.91 Å². The van der Waals surface area contributed by atoms with Crippen LogP contribution in [0, 0.1) is 27.7 Å². The first-order valence-electron chi connectivity index (χ1n) is 7.20. The zero-order valence-electron chi connectivity index (χ0n) is 14.0. The summed E-state index contributed by atoms with van der Waals surface area (Å²) in [5.41, 5.74) is 4.97. The lowest BCUT2D eigenvalue weighted by molar-refractivity contribution is 0.102. The van der Waals surface area contributed by atoms with Crippen LogP contribution in [0.25, 0.3) is 0 Å². The summed E-state index contributed by atoms with van der Waals surface area (Å²) >= 11 is 0. The van der Waals surface area contributed by atoms with E-state index in [0.29, 0.717) is 17.2 Å². The van der Waals surface area contributed by atoms with Gasteiger partial charge in [0.05, 0.1) is 17.1 Å². The molecule has 5 nitrogen and oxygen atoms in total. The number of hydrogen-bond donors (Lipinski definition) is 1. The van der Waals surface area contributed by atoms with Crippen molar-refractivity contribution in [2.45, 2.75) is 27.7 Å². The predicted molar refractivity (Wildman–Crippen MR) is 89.7 cm³/mol. The number of nitrogens with one attached hydrogen (secondary N) is 1. The van der Waals surface area contributed by atoms with Crippen molar-refractivity contribution in [1.82, 2.24) is 9.97 Å². The summed E-state index contributed by atoms with van der Waals surface area (Å²) in [7, 11) is 3.78. The van der Waals surface area contributed by atoms with Crippen LogP contribution in [0.3, 0.4) is 0 Å².